The second-order valence-corrected chi connectivity index (χ2v) is 6.24. The normalized spacial score (nSPS) is 15.8. The molecule has 5 nitrogen and oxygen atoms in total. The molecule has 23 heavy (non-hydrogen) atoms. The molecule has 1 saturated heterocycles. The third kappa shape index (κ3) is 3.09. The third-order valence-electron chi connectivity index (χ3n) is 4.64. The van der Waals surface area contributed by atoms with Gasteiger partial charge in [-0.05, 0) is 24.8 Å². The van der Waals surface area contributed by atoms with Gasteiger partial charge >= 0.3 is 5.97 Å². The molecule has 0 radical (unpaired) electrons. The Labute approximate surface area is 135 Å². The minimum absolute atomic E-state index is 0.106. The molecular weight excluding hydrogens is 292 g/mol. The lowest BCUT2D eigenvalue weighted by Crippen LogP contribution is -2.39. The van der Waals surface area contributed by atoms with E-state index in [1.54, 1.807) is 6.20 Å². The number of carbonyl (C=O) groups excluding carboxylic acids is 2. The van der Waals surface area contributed by atoms with Gasteiger partial charge in [0.2, 0.25) is 5.91 Å². The van der Waals surface area contributed by atoms with Crippen molar-refractivity contribution in [1.29, 1.82) is 0 Å². The van der Waals surface area contributed by atoms with Gasteiger partial charge in [0.05, 0.1) is 12.7 Å². The van der Waals surface area contributed by atoms with Crippen molar-refractivity contribution < 1.29 is 14.3 Å². The molecule has 1 aliphatic heterocycles. The molecule has 5 heteroatoms. The molecule has 1 amide bonds. The highest BCUT2D eigenvalue weighted by Crippen LogP contribution is 2.23. The number of nitrogens with zero attached hydrogens (tertiary/aromatic N) is 2. The summed E-state index contributed by atoms with van der Waals surface area (Å²) in [6.07, 6.45) is 3.85. The van der Waals surface area contributed by atoms with Crippen molar-refractivity contribution in [3.63, 3.8) is 0 Å². The largest absolute Gasteiger partial charge is 0.465 e. The molecule has 0 spiro atoms. The van der Waals surface area contributed by atoms with Crippen molar-refractivity contribution in [3.05, 3.63) is 36.0 Å². The van der Waals surface area contributed by atoms with E-state index in [9.17, 15) is 9.59 Å². The summed E-state index contributed by atoms with van der Waals surface area (Å²) in [6, 6.07) is 7.60. The molecule has 0 bridgehead atoms. The molecule has 3 rings (SSSR count). The second-order valence-electron chi connectivity index (χ2n) is 6.24. The van der Waals surface area contributed by atoms with Crippen LogP contribution in [-0.2, 0) is 16.1 Å². The van der Waals surface area contributed by atoms with Crippen LogP contribution in [-0.4, -0.2) is 41.5 Å². The average Bonchev–Trinajstić information content (AvgIpc) is 2.93. The SMILES string of the molecule is COC(=O)c1cn(CC(=O)N2CCC(C)CC2)c2ccccc12. The molecule has 122 valence electrons. The first-order valence-electron chi connectivity index (χ1n) is 8.04. The maximum Gasteiger partial charge on any atom is 0.340 e. The summed E-state index contributed by atoms with van der Waals surface area (Å²) in [5.41, 5.74) is 1.38. The monoisotopic (exact) mass is 314 g/mol. The van der Waals surface area contributed by atoms with Gasteiger partial charge in [-0.1, -0.05) is 25.1 Å². The molecule has 0 aliphatic carbocycles. The van der Waals surface area contributed by atoms with Crippen molar-refractivity contribution >= 4 is 22.8 Å². The summed E-state index contributed by atoms with van der Waals surface area (Å²) in [5, 5.41) is 0.819. The first kappa shape index (κ1) is 15.6. The minimum Gasteiger partial charge on any atom is -0.465 e. The van der Waals surface area contributed by atoms with E-state index in [0.29, 0.717) is 11.5 Å². The number of esters is 1. The number of methoxy groups -OCH3 is 1. The highest BCUT2D eigenvalue weighted by molar-refractivity contribution is 6.04. The lowest BCUT2D eigenvalue weighted by Gasteiger charge is -2.30. The highest BCUT2D eigenvalue weighted by Gasteiger charge is 2.22. The number of piperidine rings is 1. The number of likely N-dealkylation sites (tertiary alicyclic amines) is 1. The minimum atomic E-state index is -0.376. The summed E-state index contributed by atoms with van der Waals surface area (Å²) in [5.74, 6) is 0.422. The summed E-state index contributed by atoms with van der Waals surface area (Å²) in [7, 11) is 1.37. The van der Waals surface area contributed by atoms with E-state index in [0.717, 1.165) is 36.8 Å². The van der Waals surface area contributed by atoms with Crippen molar-refractivity contribution in [2.75, 3.05) is 20.2 Å². The molecule has 2 aromatic rings. The lowest BCUT2D eigenvalue weighted by atomic mass is 9.99. The Balaban J connectivity index is 1.85. The van der Waals surface area contributed by atoms with Crippen LogP contribution in [0.2, 0.25) is 0 Å². The molecule has 0 atom stereocenters. The number of hydrogen-bond donors (Lipinski definition) is 0. The van der Waals surface area contributed by atoms with Gasteiger partial charge in [0.15, 0.2) is 0 Å². The van der Waals surface area contributed by atoms with Crippen LogP contribution < -0.4 is 0 Å². The van der Waals surface area contributed by atoms with Crippen molar-refractivity contribution in [2.45, 2.75) is 26.3 Å². The van der Waals surface area contributed by atoms with Crippen LogP contribution >= 0.6 is 0 Å². The number of hydrogen-bond acceptors (Lipinski definition) is 3. The summed E-state index contributed by atoms with van der Waals surface area (Å²) < 4.78 is 6.69. The fraction of sp³-hybridized carbons (Fsp3) is 0.444. The van der Waals surface area contributed by atoms with Crippen LogP contribution in [0.15, 0.2) is 30.5 Å². The van der Waals surface area contributed by atoms with Gasteiger partial charge in [-0.15, -0.1) is 0 Å². The number of para-hydroxylation sites is 1. The molecule has 0 unspecified atom stereocenters. The van der Waals surface area contributed by atoms with E-state index >= 15 is 0 Å². The van der Waals surface area contributed by atoms with Gasteiger partial charge in [0.1, 0.15) is 6.54 Å². The number of benzene rings is 1. The van der Waals surface area contributed by atoms with Crippen LogP contribution in [0.4, 0.5) is 0 Å². The van der Waals surface area contributed by atoms with E-state index in [1.807, 2.05) is 33.7 Å². The van der Waals surface area contributed by atoms with E-state index in [4.69, 9.17) is 4.74 Å². The van der Waals surface area contributed by atoms with E-state index in [2.05, 4.69) is 6.92 Å². The van der Waals surface area contributed by atoms with E-state index < -0.39 is 0 Å². The molecule has 0 N–H and O–H groups in total. The number of fused-ring (bicyclic) bond motifs is 1. The van der Waals surface area contributed by atoms with Crippen molar-refractivity contribution in [2.24, 2.45) is 5.92 Å². The second kappa shape index (κ2) is 6.44. The number of rotatable bonds is 3. The molecule has 2 heterocycles. The molecule has 1 fully saturated rings. The maximum absolute atomic E-state index is 12.6. The number of amides is 1. The number of ether oxygens (including phenoxy) is 1. The summed E-state index contributed by atoms with van der Waals surface area (Å²) >= 11 is 0. The zero-order valence-corrected chi connectivity index (χ0v) is 13.6. The zero-order valence-electron chi connectivity index (χ0n) is 13.6. The molecule has 1 aromatic heterocycles. The van der Waals surface area contributed by atoms with Crippen molar-refractivity contribution in [3.8, 4) is 0 Å². The van der Waals surface area contributed by atoms with Crippen LogP contribution in [0.25, 0.3) is 10.9 Å². The average molecular weight is 314 g/mol. The quantitative estimate of drug-likeness (QED) is 0.819. The Kier molecular flexibility index (Phi) is 4.37. The molecule has 1 aromatic carbocycles. The van der Waals surface area contributed by atoms with Crippen LogP contribution in [0.3, 0.4) is 0 Å². The predicted octanol–water partition coefficient (Wildman–Crippen LogP) is 2.69. The van der Waals surface area contributed by atoms with Gasteiger partial charge in [-0.3, -0.25) is 4.79 Å². The van der Waals surface area contributed by atoms with E-state index in [-0.39, 0.29) is 18.4 Å². The third-order valence-corrected chi connectivity index (χ3v) is 4.64. The Morgan fingerprint density at radius 2 is 1.91 bits per heavy atom. The number of aromatic nitrogens is 1. The molecule has 0 saturated carbocycles. The topological polar surface area (TPSA) is 51.5 Å². The fourth-order valence-corrected chi connectivity index (χ4v) is 3.15. The summed E-state index contributed by atoms with van der Waals surface area (Å²) in [6.45, 7) is 4.13. The van der Waals surface area contributed by atoms with Gasteiger partial charge in [-0.2, -0.15) is 0 Å². The zero-order chi connectivity index (χ0) is 16.4. The number of carbonyl (C=O) groups is 2. The first-order chi connectivity index (χ1) is 11.1. The first-order valence-corrected chi connectivity index (χ1v) is 8.04. The van der Waals surface area contributed by atoms with Gasteiger partial charge in [0, 0.05) is 30.2 Å². The standard InChI is InChI=1S/C18H22N2O3/c1-13-7-9-19(10-8-13)17(21)12-20-11-15(18(22)23-2)14-5-3-4-6-16(14)20/h3-6,11,13H,7-10,12H2,1-2H3. The van der Waals surface area contributed by atoms with Crippen LogP contribution in [0, 0.1) is 5.92 Å². The Morgan fingerprint density at radius 3 is 2.61 bits per heavy atom. The van der Waals surface area contributed by atoms with Crippen molar-refractivity contribution in [1.82, 2.24) is 9.47 Å². The highest BCUT2D eigenvalue weighted by atomic mass is 16.5. The maximum atomic E-state index is 12.6. The fourth-order valence-electron chi connectivity index (χ4n) is 3.15. The Hall–Kier alpha value is -2.30. The van der Waals surface area contributed by atoms with Crippen LogP contribution in [0.5, 0.6) is 0 Å². The van der Waals surface area contributed by atoms with Gasteiger partial charge in [-0.25, -0.2) is 4.79 Å². The van der Waals surface area contributed by atoms with Crippen LogP contribution in [0.1, 0.15) is 30.1 Å². The van der Waals surface area contributed by atoms with Gasteiger partial charge < -0.3 is 14.2 Å². The Morgan fingerprint density at radius 1 is 1.22 bits per heavy atom. The smallest absolute Gasteiger partial charge is 0.340 e. The molecular formula is C18H22N2O3. The summed E-state index contributed by atoms with van der Waals surface area (Å²) in [4.78, 5) is 26.4. The van der Waals surface area contributed by atoms with Gasteiger partial charge in [0.25, 0.3) is 0 Å². The van der Waals surface area contributed by atoms with E-state index in [1.165, 1.54) is 7.11 Å². The lowest BCUT2D eigenvalue weighted by molar-refractivity contribution is -0.133. The Bertz CT molecular complexity index is 727. The molecule has 1 aliphatic rings. The predicted molar refractivity (Wildman–Crippen MR) is 88.3 cm³/mol.